The summed E-state index contributed by atoms with van der Waals surface area (Å²) in [5.74, 6) is 8.77. The molecule has 0 bridgehead atoms. The third kappa shape index (κ3) is 13.7. The van der Waals surface area contributed by atoms with Crippen molar-refractivity contribution in [3.8, 4) is 44.5 Å². The van der Waals surface area contributed by atoms with Crippen molar-refractivity contribution in [2.45, 2.75) is 27.6 Å². The molecule has 0 fully saturated rings. The molecule has 0 N–H and O–H groups in total. The molecule has 0 radical (unpaired) electrons. The highest BCUT2D eigenvalue weighted by Crippen LogP contribution is 2.26. The Labute approximate surface area is 661 Å². The van der Waals surface area contributed by atoms with E-state index in [1.807, 2.05) is 165 Å². The van der Waals surface area contributed by atoms with Crippen LogP contribution < -0.4 is 83.2 Å². The van der Waals surface area contributed by atoms with Crippen molar-refractivity contribution >= 4 is 143 Å². The van der Waals surface area contributed by atoms with E-state index in [4.69, 9.17) is 25.9 Å². The minimum Gasteiger partial charge on any atom is -0.455 e. The lowest BCUT2D eigenvalue weighted by atomic mass is 9.55. The third-order valence-corrected chi connectivity index (χ3v) is 21.9. The molecule has 0 aliphatic carbocycles. The Hall–Kier alpha value is -13.2. The zero-order valence-electron chi connectivity index (χ0n) is 70.3. The number of hydrogen-bond donors (Lipinski definition) is 0. The van der Waals surface area contributed by atoms with E-state index in [2.05, 4.69) is 232 Å². The SMILES string of the molecule is Cc1cc(B2C=c3c(oc4ccccc34)=CN2C)[n+](C)cc1-c1ccccc1.Cc1cc(B2C=c3oc4ncccc4c3=CN2C)[n+](C)cc1-c1ccccc1.[2H]C([2H])([2H])c1c[n+](C)c(B2C=c3c(oc4ccccc34)=CN2C)cc1-c1ccccc1.[2H]C([2H])([2H])c1c[n+](C)c(B2C=c3oc4ncccc4c3=CN2C)cc1-c1ccccc1. The molecule has 18 heteroatoms. The molecule has 16 aromatic rings. The number of pyridine rings is 6. The zero-order valence-corrected chi connectivity index (χ0v) is 64.3. The van der Waals surface area contributed by atoms with Crippen LogP contribution in [-0.4, -0.2) is 84.8 Å². The number of para-hydroxylation sites is 2. The van der Waals surface area contributed by atoms with Crippen LogP contribution in [0.1, 0.15) is 30.5 Å². The molecular weight excluding hydrogens is 1380 g/mol. The van der Waals surface area contributed by atoms with Gasteiger partial charge in [-0.25, -0.2) is 28.2 Å². The molecule has 20 rings (SSSR count). The van der Waals surface area contributed by atoms with Crippen molar-refractivity contribution in [1.82, 2.24) is 29.2 Å². The van der Waals surface area contributed by atoms with Gasteiger partial charge in [0.05, 0.1) is 0 Å². The van der Waals surface area contributed by atoms with Crippen LogP contribution in [0.4, 0.5) is 0 Å². The van der Waals surface area contributed by atoms with E-state index in [1.54, 1.807) is 24.8 Å². The predicted octanol–water partition coefficient (Wildman–Crippen LogP) is 7.33. The van der Waals surface area contributed by atoms with Gasteiger partial charge in [-0.2, -0.15) is 0 Å². The summed E-state index contributed by atoms with van der Waals surface area (Å²) >= 11 is 0. The Morgan fingerprint density at radius 3 is 1.02 bits per heavy atom. The van der Waals surface area contributed by atoms with Crippen molar-refractivity contribution in [2.75, 3.05) is 28.2 Å². The van der Waals surface area contributed by atoms with Crippen molar-refractivity contribution in [3.63, 3.8) is 0 Å². The van der Waals surface area contributed by atoms with Crippen LogP contribution in [0, 0.1) is 27.6 Å². The second kappa shape index (κ2) is 30.0. The van der Waals surface area contributed by atoms with Gasteiger partial charge < -0.3 is 36.9 Å². The monoisotopic (exact) mass is 1470 g/mol. The van der Waals surface area contributed by atoms with Gasteiger partial charge in [-0.1, -0.05) is 170 Å². The van der Waals surface area contributed by atoms with Crippen LogP contribution in [0.5, 0.6) is 0 Å². The fourth-order valence-corrected chi connectivity index (χ4v) is 16.1. The molecule has 4 aliphatic rings. The van der Waals surface area contributed by atoms with Crippen LogP contribution in [0.3, 0.4) is 0 Å². The number of furan rings is 4. The molecule has 0 amide bonds. The molecule has 0 saturated carbocycles. The Kier molecular flexibility index (Phi) is 17.3. The lowest BCUT2D eigenvalue weighted by molar-refractivity contribution is -0.654. The van der Waals surface area contributed by atoms with Gasteiger partial charge in [0.1, 0.15) is 61.0 Å². The van der Waals surface area contributed by atoms with Crippen LogP contribution in [-0.2, 0) is 28.2 Å². The molecule has 14 nitrogen and oxygen atoms in total. The van der Waals surface area contributed by atoms with Crippen LogP contribution in [0.15, 0.2) is 273 Å². The first-order valence-electron chi connectivity index (χ1n) is 40.6. The van der Waals surface area contributed by atoms with E-state index in [-0.39, 0.29) is 27.4 Å². The summed E-state index contributed by atoms with van der Waals surface area (Å²) < 4.78 is 80.7. The number of aromatic nitrogens is 6. The minimum absolute atomic E-state index is 0.0633. The molecule has 0 spiro atoms. The lowest BCUT2D eigenvalue weighted by Gasteiger charge is -2.21. The van der Waals surface area contributed by atoms with E-state index in [9.17, 15) is 0 Å². The fraction of sp³-hybridized carbons (Fsp3) is 0.128. The first kappa shape index (κ1) is 64.8. The van der Waals surface area contributed by atoms with Gasteiger partial charge in [0.25, 0.3) is 0 Å². The Bertz CT molecular complexity index is 7140. The van der Waals surface area contributed by atoms with Crippen molar-refractivity contribution in [2.24, 2.45) is 28.2 Å². The number of nitrogens with zero attached hydrogens (tertiary/aromatic N) is 10. The van der Waals surface area contributed by atoms with Crippen molar-refractivity contribution in [1.29, 1.82) is 0 Å². The van der Waals surface area contributed by atoms with Gasteiger partial charge in [0, 0.05) is 122 Å². The number of aryl methyl sites for hydroxylation is 8. The molecule has 6 aromatic carbocycles. The standard InChI is InChI=1S/2C24H22BN2O.2C23H21BN3O/c1-17-15-26(2)24(13-20(17)18-9-5-4-6-10-18)25-14-21-19-11-7-8-12-22(19)28-23(21)16-27(25)3;1-17-13-24(26(2)15-21(17)18-9-5-4-6-10-18)25-14-20-19-11-7-8-12-22(19)28-23(20)16-27(25)3;1-16-14-26(2)22(12-19(16)17-8-5-4-6-9-17)24-13-21-20(15-27(24)3)18-10-7-11-25-23(18)28-21;1-16-12-22(26(2)14-19(16)17-8-5-4-6-9-17)24-13-21-20(15-27(24)3)18-10-7-11-25-23(18)28-21/h2*4-16H,1-3H3;2*4-15H,1-3H3/q4*+1/i1D3;;1D3;. The number of benzene rings is 6. The molecule has 0 unspecified atom stereocenters. The molecule has 0 atom stereocenters. The Morgan fingerprint density at radius 1 is 0.312 bits per heavy atom. The van der Waals surface area contributed by atoms with Gasteiger partial charge in [0.15, 0.2) is 47.2 Å². The summed E-state index contributed by atoms with van der Waals surface area (Å²) in [5, 5.41) is 8.64. The van der Waals surface area contributed by atoms with Gasteiger partial charge in [-0.05, 0) is 161 Å². The number of hydrogen-bond acceptors (Lipinski definition) is 10. The topological polar surface area (TPSA) is 107 Å². The first-order valence-corrected chi connectivity index (χ1v) is 37.6. The summed E-state index contributed by atoms with van der Waals surface area (Å²) in [5.41, 5.74) is 22.4. The van der Waals surface area contributed by atoms with Gasteiger partial charge in [-0.3, -0.25) is 0 Å². The van der Waals surface area contributed by atoms with Crippen LogP contribution in [0.2, 0.25) is 0 Å². The Balaban J connectivity index is 0.000000113. The van der Waals surface area contributed by atoms with E-state index >= 15 is 0 Å². The minimum atomic E-state index is -2.21. The molecular formula is C94H86B4N10O4+4. The molecule has 14 heterocycles. The van der Waals surface area contributed by atoms with Crippen molar-refractivity contribution in [3.05, 3.63) is 320 Å². The quantitative estimate of drug-likeness (QED) is 0.114. The summed E-state index contributed by atoms with van der Waals surface area (Å²) in [6.07, 6.45) is 19.8. The normalized spacial score (nSPS) is 14.3. The summed E-state index contributed by atoms with van der Waals surface area (Å²) in [7, 11) is 16.3. The third-order valence-electron chi connectivity index (χ3n) is 21.9. The summed E-state index contributed by atoms with van der Waals surface area (Å²) in [6, 6.07) is 73.2. The largest absolute Gasteiger partial charge is 0.455 e. The zero-order chi connectivity index (χ0) is 82.0. The highest BCUT2D eigenvalue weighted by atomic mass is 16.3. The fourth-order valence-electron chi connectivity index (χ4n) is 16.1. The van der Waals surface area contributed by atoms with E-state index in [1.165, 1.54) is 55.2 Å². The highest BCUT2D eigenvalue weighted by Gasteiger charge is 2.36. The highest BCUT2D eigenvalue weighted by molar-refractivity contribution is 6.84. The summed E-state index contributed by atoms with van der Waals surface area (Å²) in [4.78, 5) is 17.4. The van der Waals surface area contributed by atoms with Gasteiger partial charge in [-0.15, -0.1) is 0 Å². The van der Waals surface area contributed by atoms with Crippen LogP contribution >= 0.6 is 0 Å². The maximum atomic E-state index is 8.06. The second-order valence-corrected chi connectivity index (χ2v) is 29.4. The first-order chi connectivity index (χ1) is 56.9. The van der Waals surface area contributed by atoms with E-state index < -0.39 is 13.7 Å². The predicted molar refractivity (Wildman–Crippen MR) is 457 cm³/mol. The number of rotatable bonds is 8. The second-order valence-electron chi connectivity index (χ2n) is 29.4. The van der Waals surface area contributed by atoms with E-state index in [0.717, 1.165) is 92.5 Å². The van der Waals surface area contributed by atoms with Gasteiger partial charge >= 0.3 is 27.4 Å². The average molecular weight is 1470 g/mol. The Morgan fingerprint density at radius 2 is 0.634 bits per heavy atom. The smallest absolute Gasteiger partial charge is 0.399 e. The van der Waals surface area contributed by atoms with E-state index in [0.29, 0.717) is 28.1 Å². The molecule has 4 aliphatic heterocycles. The summed E-state index contributed by atoms with van der Waals surface area (Å²) in [6.45, 7) is 0.0182. The molecule has 0 saturated heterocycles. The lowest BCUT2D eigenvalue weighted by Crippen LogP contribution is -2.61. The molecule has 112 heavy (non-hydrogen) atoms. The maximum absolute atomic E-state index is 8.06. The van der Waals surface area contributed by atoms with Crippen LogP contribution in [0.25, 0.3) is 137 Å². The number of fused-ring (bicyclic) bond motifs is 12. The maximum Gasteiger partial charge on any atom is 0.399 e. The van der Waals surface area contributed by atoms with Crippen molar-refractivity contribution < 1.29 is 44.2 Å². The molecule has 10 aromatic heterocycles. The molecule has 544 valence electrons. The average Bonchev–Trinajstić information content (AvgIpc) is 1.52. The van der Waals surface area contributed by atoms with Gasteiger partial charge in [0.2, 0.25) is 11.4 Å².